The number of nitrogens with zero attached hydrogens (tertiary/aromatic N) is 3. The van der Waals surface area contributed by atoms with Gasteiger partial charge in [-0.3, -0.25) is 14.4 Å². The first-order valence-corrected chi connectivity index (χ1v) is 48.1. The maximum absolute atomic E-state index is 12.9. The first-order chi connectivity index (χ1) is 62.1. The lowest BCUT2D eigenvalue weighted by molar-refractivity contribution is -0.873. The van der Waals surface area contributed by atoms with Crippen molar-refractivity contribution in [3.8, 4) is 113 Å². The fraction of sp³-hybridized carbons (Fsp3) is 0.284. The Bertz CT molecular complexity index is 6390. The van der Waals surface area contributed by atoms with E-state index in [1.165, 1.54) is 84.7 Å². The van der Waals surface area contributed by atoms with Crippen molar-refractivity contribution in [3.05, 3.63) is 237 Å². The van der Waals surface area contributed by atoms with Gasteiger partial charge in [-0.1, -0.05) is 97.4 Å². The van der Waals surface area contributed by atoms with Gasteiger partial charge in [0.05, 0.1) is 78.1 Å². The number of carbonyl (C=O) groups excluding carboxylic acids is 3. The highest BCUT2D eigenvalue weighted by molar-refractivity contribution is 7.19. The van der Waals surface area contributed by atoms with E-state index in [2.05, 4.69) is 176 Å². The lowest BCUT2D eigenvalue weighted by Gasteiger charge is -2.30. The Morgan fingerprint density at radius 2 is 0.717 bits per heavy atom. The van der Waals surface area contributed by atoms with Gasteiger partial charge in [0.1, 0.15) is 59.2 Å². The van der Waals surface area contributed by atoms with Gasteiger partial charge in [0.15, 0.2) is 63.5 Å². The van der Waals surface area contributed by atoms with Crippen molar-refractivity contribution < 1.29 is 83.7 Å². The number of methoxy groups -OCH3 is 2. The number of aromatic hydroxyl groups is 3. The van der Waals surface area contributed by atoms with Crippen LogP contribution in [0, 0.1) is 11.8 Å². The third kappa shape index (κ3) is 18.5. The fourth-order valence-electron chi connectivity index (χ4n) is 17.8. The molecule has 2 atom stereocenters. The highest BCUT2D eigenvalue weighted by atomic mass is 32.1. The molecule has 1 saturated heterocycles. The molecule has 25 heteroatoms. The van der Waals surface area contributed by atoms with Crippen LogP contribution in [0.5, 0.6) is 57.5 Å². The molecule has 22 rings (SSSR count). The largest absolute Gasteiger partial charge is 0.504 e. The average molecular weight is 1800 g/mol. The van der Waals surface area contributed by atoms with Crippen LogP contribution in [-0.2, 0) is 47.1 Å². The third-order valence-electron chi connectivity index (χ3n) is 25.0. The van der Waals surface area contributed by atoms with Crippen molar-refractivity contribution in [1.82, 2.24) is 14.7 Å². The normalized spacial score (nSPS) is 16.2. The molecule has 1 saturated carbocycles. The van der Waals surface area contributed by atoms with E-state index in [0.717, 1.165) is 149 Å². The summed E-state index contributed by atoms with van der Waals surface area (Å²) in [6.45, 7) is 13.4. The summed E-state index contributed by atoms with van der Waals surface area (Å²) in [7, 11) is 7.35. The van der Waals surface area contributed by atoms with Gasteiger partial charge >= 0.3 is 0 Å². The van der Waals surface area contributed by atoms with Crippen LogP contribution in [0.25, 0.3) is 106 Å². The van der Waals surface area contributed by atoms with E-state index in [1.54, 1.807) is 83.0 Å². The molecule has 20 nitrogen and oxygen atoms in total. The lowest BCUT2D eigenvalue weighted by atomic mass is 9.84. The highest BCUT2D eigenvalue weighted by Crippen LogP contribution is 2.48. The first kappa shape index (κ1) is 86.0. The second-order valence-corrected chi connectivity index (χ2v) is 37.9. The van der Waals surface area contributed by atoms with Gasteiger partial charge < -0.3 is 84.0 Å². The molecule has 11 heterocycles. The van der Waals surface area contributed by atoms with Gasteiger partial charge in [-0.15, -0.1) is 56.7 Å². The molecule has 0 radical (unpaired) electrons. The van der Waals surface area contributed by atoms with Crippen LogP contribution in [-0.4, -0.2) is 161 Å². The molecule has 3 amide bonds. The second-order valence-electron chi connectivity index (χ2n) is 33.3. The Labute approximate surface area is 758 Å². The van der Waals surface area contributed by atoms with E-state index in [4.69, 9.17) is 33.2 Å². The third-order valence-corrected chi connectivity index (χ3v) is 29.8. The molecule has 127 heavy (non-hydrogen) atoms. The molecule has 1 aliphatic carbocycles. The van der Waals surface area contributed by atoms with Gasteiger partial charge in [0.2, 0.25) is 11.8 Å². The Balaban J connectivity index is 0.000000108. The monoisotopic (exact) mass is 1800 g/mol. The van der Waals surface area contributed by atoms with Crippen molar-refractivity contribution in [3.63, 3.8) is 0 Å². The van der Waals surface area contributed by atoms with Gasteiger partial charge in [-0.05, 0) is 165 Å². The standard InChI is InChI=1S/C23H23NO3S.C22H22N2O3S.C22H24N2O3S.C18H17NO2S.C17H15NO2S/c1-26-20-12-16(19-14-28-21-8-3-2-7-18(19)21)11-17-13-24(9-10-27-22(17)20)23(25)15-5-4-6-15;25-19-10-15(18-13-28-20-4-2-1-3-17(18)20)9-16-12-24(7-8-27-21(16)19)22(26)14-5-6-23-11-14;1-14(23(2)3)22(26)24-8-9-27-21-16(12-24)10-15(11-19(21)25)18-13-28-20-7-5-4-6-17(18)20;1-20-16-9-12(8-13-10-19-6-7-21-18(13)16)15-11-22-17-5-3-2-4-14(15)17;19-15-8-11(7-12-9-18-5-6-20-17(12)15)14-10-21-16-4-2-1-3-13(14)16/h2-3,7-8,11-12,14-15H,4-6,9-10,13H2,1H3;1-4,9-10,13-14,23,25H,5-8,11-12H2;4-7,10-11,13-14,25H,8-9,12H2,1-3H3;2-5,8-9,11,19H,6-7,10H2,1H3;1-4,7-8,10,18-19H,5-6,9H2/p+4/t;2*14-;;/m.10../s1. The molecule has 7 aliphatic rings. The maximum Gasteiger partial charge on any atom is 0.280 e. The zero-order valence-electron chi connectivity index (χ0n) is 71.8. The molecule has 5 aromatic heterocycles. The van der Waals surface area contributed by atoms with Crippen molar-refractivity contribution in [2.45, 2.75) is 71.4 Å². The number of hydrogen-bond acceptors (Lipinski definition) is 18. The van der Waals surface area contributed by atoms with E-state index in [0.29, 0.717) is 82.9 Å². The Kier molecular flexibility index (Phi) is 26.3. The van der Waals surface area contributed by atoms with Gasteiger partial charge in [0, 0.05) is 127 Å². The molecule has 0 bridgehead atoms. The van der Waals surface area contributed by atoms with Crippen LogP contribution in [0.15, 0.2) is 209 Å². The first-order valence-electron chi connectivity index (χ1n) is 43.7. The summed E-state index contributed by atoms with van der Waals surface area (Å²) in [6.07, 6.45) is 4.15. The van der Waals surface area contributed by atoms with Crippen molar-refractivity contribution in [1.29, 1.82) is 0 Å². The molecule has 2 fully saturated rings. The fourth-order valence-corrected chi connectivity index (χ4v) is 22.6. The maximum atomic E-state index is 12.9. The highest BCUT2D eigenvalue weighted by Gasteiger charge is 2.36. The lowest BCUT2D eigenvalue weighted by Crippen LogP contribution is -3.11. The quantitative estimate of drug-likeness (QED) is 0.0638. The van der Waals surface area contributed by atoms with E-state index in [1.807, 2.05) is 72.1 Å². The predicted octanol–water partition coefficient (Wildman–Crippen LogP) is 16.0. The van der Waals surface area contributed by atoms with Crippen LogP contribution < -0.4 is 54.0 Å². The number of nitrogens with one attached hydrogen (secondary N) is 1. The summed E-state index contributed by atoms with van der Waals surface area (Å²) in [5, 5.41) is 55.2. The molecular formula is C102H105N7O13S5+4. The topological polar surface area (TPSA) is 240 Å². The van der Waals surface area contributed by atoms with E-state index >= 15 is 0 Å². The number of phenolic OH excluding ortho intramolecular Hbond substituents is 3. The molecule has 10 aromatic carbocycles. The Morgan fingerprint density at radius 3 is 1.09 bits per heavy atom. The molecule has 0 spiro atoms. The summed E-state index contributed by atoms with van der Waals surface area (Å²) in [5.41, 5.74) is 16.1. The number of quaternary nitrogens is 4. The number of rotatable bonds is 11. The minimum atomic E-state index is -0.126. The predicted molar refractivity (Wildman–Crippen MR) is 509 cm³/mol. The minimum Gasteiger partial charge on any atom is -0.504 e. The van der Waals surface area contributed by atoms with Crippen LogP contribution in [0.4, 0.5) is 0 Å². The Morgan fingerprint density at radius 1 is 0.394 bits per heavy atom. The number of likely N-dealkylation sites (N-methyl/N-ethyl adjacent to an activating group) is 1. The van der Waals surface area contributed by atoms with Crippen LogP contribution in [0.3, 0.4) is 0 Å². The number of nitrogens with two attached hydrogens (primary N) is 3. The number of phenols is 3. The number of hydrogen-bond donors (Lipinski definition) is 7. The Hall–Kier alpha value is -11.8. The number of benzene rings is 10. The molecule has 6 aliphatic heterocycles. The molecule has 10 N–H and O–H groups in total. The van der Waals surface area contributed by atoms with Crippen molar-refractivity contribution in [2.75, 3.05) is 107 Å². The van der Waals surface area contributed by atoms with Gasteiger partial charge in [0.25, 0.3) is 5.91 Å². The van der Waals surface area contributed by atoms with Crippen LogP contribution in [0.2, 0.25) is 0 Å². The molecule has 15 aromatic rings. The van der Waals surface area contributed by atoms with Crippen molar-refractivity contribution in [2.24, 2.45) is 11.8 Å². The summed E-state index contributed by atoms with van der Waals surface area (Å²) in [5.74, 6) is 6.28. The molecule has 0 unspecified atom stereocenters. The zero-order valence-corrected chi connectivity index (χ0v) is 75.9. The van der Waals surface area contributed by atoms with Gasteiger partial charge in [-0.25, -0.2) is 0 Å². The van der Waals surface area contributed by atoms with Gasteiger partial charge in [-0.2, -0.15) is 0 Å². The molecule has 652 valence electrons. The second kappa shape index (κ2) is 38.8. The minimum absolute atomic E-state index is 0.0964. The summed E-state index contributed by atoms with van der Waals surface area (Å²) in [6, 6.07) is 61.9. The SMILES string of the molecule is COc1cc(-c2csc3ccccc23)cc2c1OCCN(C(=O)C1CCC1)C2.COc1cc(-c2csc3ccccc23)cc2c1OCC[NH2+]C2.C[C@@H](C(=O)N1CCOc2c(O)cc(-c3csc4ccccc34)cc2C1)[NH+](C)C.O=C([C@@H]1CC[NH2+]C1)N1CCOc2c(O)cc(-c3csc4ccccc34)cc2C1.Oc1cc(-c2csc3ccccc23)cc2c1OCC[NH2+]C2. The smallest absolute Gasteiger partial charge is 0.280 e. The number of thiophene rings is 5. The summed E-state index contributed by atoms with van der Waals surface area (Å²) < 4.78 is 46.7. The van der Waals surface area contributed by atoms with Crippen molar-refractivity contribution >= 4 is 125 Å². The average Bonchev–Trinajstić information content (AvgIpc) is 1.59. The summed E-state index contributed by atoms with van der Waals surface area (Å²) in [4.78, 5) is 45.4. The zero-order chi connectivity index (χ0) is 87.2. The number of amides is 3. The van der Waals surface area contributed by atoms with Crippen LogP contribution >= 0.6 is 56.7 Å². The van der Waals surface area contributed by atoms with Crippen LogP contribution in [0.1, 0.15) is 60.4 Å². The molecular weight excluding hydrogens is 1690 g/mol. The van der Waals surface area contributed by atoms with E-state index < -0.39 is 0 Å². The number of fused-ring (bicyclic) bond motifs is 10. The summed E-state index contributed by atoms with van der Waals surface area (Å²) >= 11 is 8.65. The number of ether oxygens (including phenoxy) is 7. The van der Waals surface area contributed by atoms with E-state index in [-0.39, 0.29) is 52.8 Å². The van der Waals surface area contributed by atoms with E-state index in [9.17, 15) is 29.7 Å². The number of carbonyl (C=O) groups is 3.